The van der Waals surface area contributed by atoms with Gasteiger partial charge in [-0.25, -0.2) is 4.98 Å². The lowest BCUT2D eigenvalue weighted by Gasteiger charge is -2.26. The first-order valence-electron chi connectivity index (χ1n) is 8.98. The summed E-state index contributed by atoms with van der Waals surface area (Å²) in [5, 5.41) is 2.97. The van der Waals surface area contributed by atoms with Crippen molar-refractivity contribution in [3.05, 3.63) is 48.2 Å². The molecule has 1 aromatic carbocycles. The van der Waals surface area contributed by atoms with Crippen LogP contribution < -0.4 is 16.0 Å². The van der Waals surface area contributed by atoms with Crippen LogP contribution in [0.1, 0.15) is 30.6 Å². The molecule has 0 bridgehead atoms. The lowest BCUT2D eigenvalue weighted by atomic mass is 10.0. The van der Waals surface area contributed by atoms with Gasteiger partial charge in [0.1, 0.15) is 5.82 Å². The van der Waals surface area contributed by atoms with Gasteiger partial charge in [-0.1, -0.05) is 13.0 Å². The number of nitrogens with one attached hydrogen (secondary N) is 1. The topological polar surface area (TPSA) is 97.5 Å². The zero-order valence-corrected chi connectivity index (χ0v) is 15.9. The number of hydrogen-bond donors (Lipinski definition) is 2. The van der Waals surface area contributed by atoms with Gasteiger partial charge in [-0.15, -0.1) is 0 Å². The predicted octanol–water partition coefficient (Wildman–Crippen LogP) is 2.94. The van der Waals surface area contributed by atoms with E-state index >= 15 is 0 Å². The van der Waals surface area contributed by atoms with E-state index in [0.717, 1.165) is 5.69 Å². The molecule has 0 saturated heterocycles. The molecule has 3 N–H and O–H groups in total. The van der Waals surface area contributed by atoms with Crippen LogP contribution in [0.4, 0.5) is 17.2 Å². The molecule has 1 atom stereocenters. The number of nitrogen functional groups attached to an aromatic ring is 1. The molecule has 1 heterocycles. The summed E-state index contributed by atoms with van der Waals surface area (Å²) in [6.45, 7) is 4.13. The standard InChI is InChI=1S/C20H26N4O3/c1-4-14(20(26)27-5-2)13-24(18-8-6-7-11-23-18)19(25)15-9-10-17(22-3)16(21)12-15/h6-12,14,22H,4-5,13,21H2,1-3H3. The second kappa shape index (κ2) is 9.56. The van der Waals surface area contributed by atoms with E-state index in [1.807, 2.05) is 6.92 Å². The fourth-order valence-electron chi connectivity index (χ4n) is 2.72. The van der Waals surface area contributed by atoms with E-state index < -0.39 is 5.92 Å². The molecule has 0 fully saturated rings. The number of carbonyl (C=O) groups is 2. The van der Waals surface area contributed by atoms with Crippen molar-refractivity contribution < 1.29 is 14.3 Å². The van der Waals surface area contributed by atoms with Crippen molar-refractivity contribution in [3.63, 3.8) is 0 Å². The van der Waals surface area contributed by atoms with E-state index in [9.17, 15) is 9.59 Å². The number of ether oxygens (including phenoxy) is 1. The Hall–Kier alpha value is -3.09. The molecular formula is C20H26N4O3. The van der Waals surface area contributed by atoms with Crippen molar-refractivity contribution in [1.29, 1.82) is 0 Å². The van der Waals surface area contributed by atoms with Crippen molar-refractivity contribution in [2.45, 2.75) is 20.3 Å². The first kappa shape index (κ1) is 20.2. The number of nitrogens with zero attached hydrogens (tertiary/aromatic N) is 2. The summed E-state index contributed by atoms with van der Waals surface area (Å²) in [5.41, 5.74) is 7.65. The molecule has 2 aromatic rings. The molecule has 0 spiro atoms. The van der Waals surface area contributed by atoms with Crippen LogP contribution in [0.2, 0.25) is 0 Å². The van der Waals surface area contributed by atoms with Gasteiger partial charge in [0.05, 0.1) is 23.9 Å². The Labute approximate surface area is 159 Å². The minimum Gasteiger partial charge on any atom is -0.466 e. The number of esters is 1. The van der Waals surface area contributed by atoms with Gasteiger partial charge in [-0.05, 0) is 43.7 Å². The fraction of sp³-hybridized carbons (Fsp3) is 0.350. The number of benzene rings is 1. The summed E-state index contributed by atoms with van der Waals surface area (Å²) >= 11 is 0. The van der Waals surface area contributed by atoms with E-state index in [-0.39, 0.29) is 18.4 Å². The van der Waals surface area contributed by atoms with Gasteiger partial charge in [-0.3, -0.25) is 14.5 Å². The quantitative estimate of drug-likeness (QED) is 0.548. The van der Waals surface area contributed by atoms with Crippen molar-refractivity contribution in [2.75, 3.05) is 36.1 Å². The molecule has 0 aliphatic carbocycles. The first-order valence-corrected chi connectivity index (χ1v) is 8.98. The Kier molecular flexibility index (Phi) is 7.16. The zero-order chi connectivity index (χ0) is 19.8. The van der Waals surface area contributed by atoms with Crippen molar-refractivity contribution in [2.24, 2.45) is 5.92 Å². The third-order valence-corrected chi connectivity index (χ3v) is 4.25. The molecule has 7 nitrogen and oxygen atoms in total. The largest absolute Gasteiger partial charge is 0.466 e. The number of nitrogens with two attached hydrogens (primary N) is 1. The fourth-order valence-corrected chi connectivity index (χ4v) is 2.72. The Morgan fingerprint density at radius 1 is 1.26 bits per heavy atom. The Morgan fingerprint density at radius 2 is 2.04 bits per heavy atom. The summed E-state index contributed by atoms with van der Waals surface area (Å²) in [5.74, 6) is -0.559. The molecule has 27 heavy (non-hydrogen) atoms. The third kappa shape index (κ3) is 4.97. The van der Waals surface area contributed by atoms with Crippen LogP contribution in [0, 0.1) is 5.92 Å². The van der Waals surface area contributed by atoms with Crippen LogP contribution in [0.15, 0.2) is 42.6 Å². The number of hydrogen-bond acceptors (Lipinski definition) is 6. The lowest BCUT2D eigenvalue weighted by Crippen LogP contribution is -2.39. The maximum absolute atomic E-state index is 13.2. The highest BCUT2D eigenvalue weighted by Gasteiger charge is 2.27. The SMILES string of the molecule is CCOC(=O)C(CC)CN(C(=O)c1ccc(NC)c(N)c1)c1ccccn1. The average molecular weight is 370 g/mol. The number of aromatic nitrogens is 1. The van der Waals surface area contributed by atoms with Gasteiger partial charge < -0.3 is 15.8 Å². The number of carbonyl (C=O) groups excluding carboxylic acids is 2. The Bertz CT molecular complexity index is 780. The minimum atomic E-state index is -0.440. The van der Waals surface area contributed by atoms with Gasteiger partial charge in [-0.2, -0.15) is 0 Å². The number of amides is 1. The molecule has 1 amide bonds. The molecule has 1 aromatic heterocycles. The molecule has 0 radical (unpaired) electrons. The van der Waals surface area contributed by atoms with Crippen LogP contribution in [0.5, 0.6) is 0 Å². The van der Waals surface area contributed by atoms with E-state index in [2.05, 4.69) is 10.3 Å². The van der Waals surface area contributed by atoms with E-state index in [4.69, 9.17) is 10.5 Å². The summed E-state index contributed by atoms with van der Waals surface area (Å²) < 4.78 is 5.14. The van der Waals surface area contributed by atoms with Crippen LogP contribution in [-0.4, -0.2) is 37.1 Å². The highest BCUT2D eigenvalue weighted by molar-refractivity contribution is 6.06. The second-order valence-corrected chi connectivity index (χ2v) is 6.01. The predicted molar refractivity (Wildman–Crippen MR) is 107 cm³/mol. The van der Waals surface area contributed by atoms with Gasteiger partial charge in [0.2, 0.25) is 0 Å². The smallest absolute Gasteiger partial charge is 0.310 e. The van der Waals surface area contributed by atoms with Crippen LogP contribution in [0.25, 0.3) is 0 Å². The third-order valence-electron chi connectivity index (χ3n) is 4.25. The summed E-state index contributed by atoms with van der Waals surface area (Å²) in [7, 11) is 1.76. The van der Waals surface area contributed by atoms with E-state index in [1.54, 1.807) is 56.6 Å². The molecular weight excluding hydrogens is 344 g/mol. The van der Waals surface area contributed by atoms with E-state index in [1.165, 1.54) is 4.90 Å². The average Bonchev–Trinajstić information content (AvgIpc) is 2.69. The molecule has 7 heteroatoms. The van der Waals surface area contributed by atoms with Gasteiger partial charge >= 0.3 is 5.97 Å². The molecule has 1 unspecified atom stereocenters. The maximum Gasteiger partial charge on any atom is 0.310 e. The lowest BCUT2D eigenvalue weighted by molar-refractivity contribution is -0.147. The second-order valence-electron chi connectivity index (χ2n) is 6.01. The van der Waals surface area contributed by atoms with Crippen LogP contribution in [-0.2, 0) is 9.53 Å². The molecule has 2 rings (SSSR count). The van der Waals surface area contributed by atoms with Crippen LogP contribution >= 0.6 is 0 Å². The summed E-state index contributed by atoms with van der Waals surface area (Å²) in [6.07, 6.45) is 2.16. The summed E-state index contributed by atoms with van der Waals surface area (Å²) in [4.78, 5) is 31.2. The molecule has 0 saturated carbocycles. The monoisotopic (exact) mass is 370 g/mol. The number of rotatable bonds is 8. The normalized spacial score (nSPS) is 11.5. The zero-order valence-electron chi connectivity index (χ0n) is 15.9. The maximum atomic E-state index is 13.2. The highest BCUT2D eigenvalue weighted by Crippen LogP contribution is 2.23. The first-order chi connectivity index (χ1) is 13.0. The van der Waals surface area contributed by atoms with Gasteiger partial charge in [0.25, 0.3) is 5.91 Å². The van der Waals surface area contributed by atoms with Crippen molar-refractivity contribution >= 4 is 29.1 Å². The Balaban J connectivity index is 2.36. The van der Waals surface area contributed by atoms with Gasteiger partial charge in [0.15, 0.2) is 0 Å². The highest BCUT2D eigenvalue weighted by atomic mass is 16.5. The van der Waals surface area contributed by atoms with Crippen LogP contribution in [0.3, 0.4) is 0 Å². The minimum absolute atomic E-state index is 0.179. The Morgan fingerprint density at radius 3 is 2.59 bits per heavy atom. The summed E-state index contributed by atoms with van der Waals surface area (Å²) in [6, 6.07) is 10.4. The molecule has 144 valence electrons. The molecule has 0 aliphatic rings. The van der Waals surface area contributed by atoms with Crippen molar-refractivity contribution in [3.8, 4) is 0 Å². The number of pyridine rings is 1. The van der Waals surface area contributed by atoms with E-state index in [0.29, 0.717) is 30.1 Å². The molecule has 0 aliphatic heterocycles. The van der Waals surface area contributed by atoms with Crippen molar-refractivity contribution in [1.82, 2.24) is 4.98 Å². The van der Waals surface area contributed by atoms with Gasteiger partial charge in [0, 0.05) is 25.4 Å². The number of anilines is 3.